The molecule has 0 radical (unpaired) electrons. The molecule has 0 spiro atoms. The van der Waals surface area contributed by atoms with Gasteiger partial charge in [0.05, 0.1) is 5.92 Å². The van der Waals surface area contributed by atoms with Crippen LogP contribution in [0.5, 0.6) is 0 Å². The van der Waals surface area contributed by atoms with Crippen molar-refractivity contribution in [2.24, 2.45) is 5.73 Å². The van der Waals surface area contributed by atoms with E-state index in [2.05, 4.69) is 0 Å². The highest BCUT2D eigenvalue weighted by molar-refractivity contribution is 6.30. The topological polar surface area (TPSA) is 43.1 Å². The predicted octanol–water partition coefficient (Wildman–Crippen LogP) is 1.93. The maximum atomic E-state index is 10.8. The summed E-state index contributed by atoms with van der Waals surface area (Å²) in [6.45, 7) is 1.77. The fraction of sp³-hybridized carbons (Fsp3) is 0.222. The number of primary amides is 1. The second-order valence-corrected chi connectivity index (χ2v) is 3.11. The van der Waals surface area contributed by atoms with E-state index in [1.807, 2.05) is 0 Å². The van der Waals surface area contributed by atoms with Gasteiger partial charge in [0, 0.05) is 5.02 Å². The van der Waals surface area contributed by atoms with Crippen LogP contribution in [0.15, 0.2) is 24.3 Å². The van der Waals surface area contributed by atoms with Crippen molar-refractivity contribution in [2.75, 3.05) is 0 Å². The summed E-state index contributed by atoms with van der Waals surface area (Å²) in [5.41, 5.74) is 6.03. The monoisotopic (exact) mass is 183 g/mol. The lowest BCUT2D eigenvalue weighted by atomic mass is 10.0. The molecule has 1 rings (SSSR count). The van der Waals surface area contributed by atoms with Crippen LogP contribution in [0.1, 0.15) is 18.4 Å². The molecule has 1 aromatic carbocycles. The lowest BCUT2D eigenvalue weighted by Crippen LogP contribution is -2.18. The molecule has 0 heterocycles. The predicted molar refractivity (Wildman–Crippen MR) is 49.1 cm³/mol. The molecule has 1 amide bonds. The van der Waals surface area contributed by atoms with Crippen molar-refractivity contribution in [3.8, 4) is 0 Å². The first-order valence-corrected chi connectivity index (χ1v) is 4.04. The summed E-state index contributed by atoms with van der Waals surface area (Å²) in [5.74, 6) is -0.570. The number of nitrogens with two attached hydrogens (primary N) is 1. The molecule has 1 aromatic rings. The van der Waals surface area contributed by atoms with Crippen molar-refractivity contribution in [1.82, 2.24) is 0 Å². The van der Waals surface area contributed by atoms with E-state index in [1.165, 1.54) is 0 Å². The van der Waals surface area contributed by atoms with Crippen LogP contribution in [0.4, 0.5) is 0 Å². The number of hydrogen-bond donors (Lipinski definition) is 1. The van der Waals surface area contributed by atoms with Crippen LogP contribution in [0, 0.1) is 0 Å². The van der Waals surface area contributed by atoms with Crippen molar-refractivity contribution in [3.63, 3.8) is 0 Å². The Morgan fingerprint density at radius 2 is 1.92 bits per heavy atom. The zero-order chi connectivity index (χ0) is 9.14. The fourth-order valence-corrected chi connectivity index (χ4v) is 1.04. The van der Waals surface area contributed by atoms with Crippen molar-refractivity contribution in [1.29, 1.82) is 0 Å². The average Bonchev–Trinajstić information content (AvgIpc) is 2.04. The molecule has 1 atom stereocenters. The molecule has 12 heavy (non-hydrogen) atoms. The first kappa shape index (κ1) is 9.07. The Labute approximate surface area is 76.3 Å². The summed E-state index contributed by atoms with van der Waals surface area (Å²) in [5, 5.41) is 0.662. The lowest BCUT2D eigenvalue weighted by molar-refractivity contribution is -0.119. The molecule has 64 valence electrons. The number of hydrogen-bond acceptors (Lipinski definition) is 1. The standard InChI is InChI=1S/C9H10ClNO/c1-6(9(11)12)7-2-4-8(10)5-3-7/h2-6H,1H3,(H2,11,12)/t6-/m0/s1. The molecule has 3 heteroatoms. The Morgan fingerprint density at radius 3 is 2.33 bits per heavy atom. The number of carbonyl (C=O) groups is 1. The van der Waals surface area contributed by atoms with Gasteiger partial charge in [0.15, 0.2) is 0 Å². The number of halogens is 1. The highest BCUT2D eigenvalue weighted by atomic mass is 35.5. The van der Waals surface area contributed by atoms with Crippen LogP contribution >= 0.6 is 11.6 Å². The summed E-state index contributed by atoms with van der Waals surface area (Å²) in [7, 11) is 0. The van der Waals surface area contributed by atoms with Crippen molar-refractivity contribution < 1.29 is 4.79 Å². The molecule has 0 aromatic heterocycles. The van der Waals surface area contributed by atoms with E-state index in [1.54, 1.807) is 31.2 Å². The first-order valence-electron chi connectivity index (χ1n) is 3.66. The minimum absolute atomic E-state index is 0.248. The summed E-state index contributed by atoms with van der Waals surface area (Å²) >= 11 is 5.68. The molecule has 0 bridgehead atoms. The van der Waals surface area contributed by atoms with Gasteiger partial charge in [-0.1, -0.05) is 23.7 Å². The van der Waals surface area contributed by atoms with Gasteiger partial charge in [0.1, 0.15) is 0 Å². The third kappa shape index (κ3) is 1.98. The molecule has 0 aliphatic rings. The van der Waals surface area contributed by atoms with Gasteiger partial charge >= 0.3 is 0 Å². The Hall–Kier alpha value is -1.02. The van der Waals surface area contributed by atoms with Crippen LogP contribution in [-0.4, -0.2) is 5.91 Å². The van der Waals surface area contributed by atoms with E-state index in [0.29, 0.717) is 5.02 Å². The maximum Gasteiger partial charge on any atom is 0.224 e. The number of amides is 1. The van der Waals surface area contributed by atoms with E-state index in [4.69, 9.17) is 17.3 Å². The van der Waals surface area contributed by atoms with Crippen LogP contribution < -0.4 is 5.73 Å². The van der Waals surface area contributed by atoms with Crippen molar-refractivity contribution in [3.05, 3.63) is 34.9 Å². The molecular weight excluding hydrogens is 174 g/mol. The summed E-state index contributed by atoms with van der Waals surface area (Å²) in [6.07, 6.45) is 0. The summed E-state index contributed by atoms with van der Waals surface area (Å²) in [6, 6.07) is 7.10. The van der Waals surface area contributed by atoms with Gasteiger partial charge in [-0.25, -0.2) is 0 Å². The van der Waals surface area contributed by atoms with Gasteiger partial charge in [0.25, 0.3) is 0 Å². The molecule has 2 N–H and O–H groups in total. The largest absolute Gasteiger partial charge is 0.369 e. The zero-order valence-electron chi connectivity index (χ0n) is 6.75. The van der Waals surface area contributed by atoms with Crippen LogP contribution in [-0.2, 0) is 4.79 Å². The Morgan fingerprint density at radius 1 is 1.42 bits per heavy atom. The van der Waals surface area contributed by atoms with E-state index in [9.17, 15) is 4.79 Å². The summed E-state index contributed by atoms with van der Waals surface area (Å²) < 4.78 is 0. The zero-order valence-corrected chi connectivity index (χ0v) is 7.51. The Bertz CT molecular complexity index is 281. The van der Waals surface area contributed by atoms with Gasteiger partial charge in [-0.15, -0.1) is 0 Å². The smallest absolute Gasteiger partial charge is 0.224 e. The SMILES string of the molecule is C[C@H](C(N)=O)c1ccc(Cl)cc1. The quantitative estimate of drug-likeness (QED) is 0.748. The van der Waals surface area contributed by atoms with E-state index >= 15 is 0 Å². The van der Waals surface area contributed by atoms with Crippen LogP contribution in [0.25, 0.3) is 0 Å². The molecule has 0 saturated carbocycles. The average molecular weight is 184 g/mol. The molecule has 0 saturated heterocycles. The summed E-state index contributed by atoms with van der Waals surface area (Å²) in [4.78, 5) is 10.8. The second-order valence-electron chi connectivity index (χ2n) is 2.68. The lowest BCUT2D eigenvalue weighted by Gasteiger charge is -2.06. The third-order valence-electron chi connectivity index (χ3n) is 1.80. The van der Waals surface area contributed by atoms with Gasteiger partial charge in [-0.05, 0) is 24.6 Å². The number of benzene rings is 1. The van der Waals surface area contributed by atoms with Gasteiger partial charge < -0.3 is 5.73 Å². The van der Waals surface area contributed by atoms with Crippen molar-refractivity contribution >= 4 is 17.5 Å². The fourth-order valence-electron chi connectivity index (χ4n) is 0.916. The van der Waals surface area contributed by atoms with Crippen LogP contribution in [0.2, 0.25) is 5.02 Å². The van der Waals surface area contributed by atoms with Gasteiger partial charge in [-0.2, -0.15) is 0 Å². The normalized spacial score (nSPS) is 12.5. The second kappa shape index (κ2) is 3.59. The molecule has 0 unspecified atom stereocenters. The van der Waals surface area contributed by atoms with Crippen LogP contribution in [0.3, 0.4) is 0 Å². The molecule has 0 fully saturated rings. The Kier molecular flexibility index (Phi) is 2.71. The minimum Gasteiger partial charge on any atom is -0.369 e. The molecule has 2 nitrogen and oxygen atoms in total. The molecular formula is C9H10ClNO. The van der Waals surface area contributed by atoms with Gasteiger partial charge in [0.2, 0.25) is 5.91 Å². The minimum atomic E-state index is -0.322. The third-order valence-corrected chi connectivity index (χ3v) is 2.05. The maximum absolute atomic E-state index is 10.8. The van der Waals surface area contributed by atoms with Crippen molar-refractivity contribution in [2.45, 2.75) is 12.8 Å². The van der Waals surface area contributed by atoms with E-state index in [-0.39, 0.29) is 11.8 Å². The highest BCUT2D eigenvalue weighted by Gasteiger charge is 2.10. The molecule has 0 aliphatic carbocycles. The number of carbonyl (C=O) groups excluding carboxylic acids is 1. The highest BCUT2D eigenvalue weighted by Crippen LogP contribution is 2.17. The molecule has 0 aliphatic heterocycles. The van der Waals surface area contributed by atoms with E-state index < -0.39 is 0 Å². The van der Waals surface area contributed by atoms with E-state index in [0.717, 1.165) is 5.56 Å². The Balaban J connectivity index is 2.89. The number of rotatable bonds is 2. The first-order chi connectivity index (χ1) is 5.61. The van der Waals surface area contributed by atoms with Gasteiger partial charge in [-0.3, -0.25) is 4.79 Å².